The van der Waals surface area contributed by atoms with E-state index < -0.39 is 0 Å². The van der Waals surface area contributed by atoms with Crippen molar-refractivity contribution < 1.29 is 5.11 Å². The number of aliphatic hydroxyl groups excluding tert-OH is 1. The van der Waals surface area contributed by atoms with Crippen LogP contribution >= 0.6 is 0 Å². The maximum atomic E-state index is 9.78. The molecule has 100 valence electrons. The number of benzene rings is 1. The zero-order valence-corrected chi connectivity index (χ0v) is 11.6. The van der Waals surface area contributed by atoms with Crippen molar-refractivity contribution in [3.8, 4) is 0 Å². The smallest absolute Gasteiger partial charge is 0.0787 e. The van der Waals surface area contributed by atoms with Crippen molar-refractivity contribution in [3.05, 3.63) is 29.8 Å². The molecule has 0 amide bonds. The molecule has 0 bridgehead atoms. The van der Waals surface area contributed by atoms with E-state index in [2.05, 4.69) is 36.1 Å². The Morgan fingerprint density at radius 1 is 1.28 bits per heavy atom. The van der Waals surface area contributed by atoms with Crippen LogP contribution in [0.1, 0.15) is 51.2 Å². The van der Waals surface area contributed by atoms with Gasteiger partial charge < -0.3 is 10.0 Å². The van der Waals surface area contributed by atoms with E-state index in [-0.39, 0.29) is 6.10 Å². The summed E-state index contributed by atoms with van der Waals surface area (Å²) in [5.74, 6) is 0.871. The van der Waals surface area contributed by atoms with Crippen LogP contribution in [0.2, 0.25) is 0 Å². The molecule has 1 unspecified atom stereocenters. The van der Waals surface area contributed by atoms with Crippen LogP contribution in [0.25, 0.3) is 0 Å². The molecule has 1 aromatic rings. The molecule has 1 saturated heterocycles. The van der Waals surface area contributed by atoms with E-state index in [9.17, 15) is 5.11 Å². The van der Waals surface area contributed by atoms with E-state index >= 15 is 0 Å². The Labute approximate surface area is 111 Å². The van der Waals surface area contributed by atoms with Crippen molar-refractivity contribution in [1.82, 2.24) is 0 Å². The molecule has 1 N–H and O–H groups in total. The van der Waals surface area contributed by atoms with Crippen molar-refractivity contribution >= 4 is 5.69 Å². The topological polar surface area (TPSA) is 23.5 Å². The summed E-state index contributed by atoms with van der Waals surface area (Å²) in [5.41, 5.74) is 2.34. The molecule has 2 nitrogen and oxygen atoms in total. The summed E-state index contributed by atoms with van der Waals surface area (Å²) >= 11 is 0. The second-order valence-corrected chi connectivity index (χ2v) is 5.40. The molecule has 1 fully saturated rings. The summed E-state index contributed by atoms with van der Waals surface area (Å²) in [7, 11) is 0. The quantitative estimate of drug-likeness (QED) is 0.856. The largest absolute Gasteiger partial charge is 0.388 e. The summed E-state index contributed by atoms with van der Waals surface area (Å²) in [6, 6.07) is 8.44. The third kappa shape index (κ3) is 3.05. The molecule has 2 rings (SSSR count). The first-order chi connectivity index (χ1) is 8.74. The molecule has 1 aliphatic heterocycles. The van der Waals surface area contributed by atoms with Crippen LogP contribution < -0.4 is 4.90 Å². The van der Waals surface area contributed by atoms with Gasteiger partial charge in [0.25, 0.3) is 0 Å². The lowest BCUT2D eigenvalue weighted by Gasteiger charge is -2.19. The highest BCUT2D eigenvalue weighted by Gasteiger charge is 2.21. The monoisotopic (exact) mass is 247 g/mol. The maximum Gasteiger partial charge on any atom is 0.0787 e. The molecular formula is C16H25NO. The zero-order chi connectivity index (χ0) is 13.0. The van der Waals surface area contributed by atoms with Crippen LogP contribution in [-0.4, -0.2) is 18.2 Å². The SMILES string of the molecule is CCCC1CCN(c2ccc([C@@H](O)CC)cc2)C1. The van der Waals surface area contributed by atoms with Gasteiger partial charge in [0.15, 0.2) is 0 Å². The van der Waals surface area contributed by atoms with Crippen LogP contribution in [0.15, 0.2) is 24.3 Å². The lowest BCUT2D eigenvalue weighted by atomic mass is 10.0. The number of aliphatic hydroxyl groups is 1. The van der Waals surface area contributed by atoms with Gasteiger partial charge in [0, 0.05) is 18.8 Å². The van der Waals surface area contributed by atoms with E-state index in [0.717, 1.165) is 17.9 Å². The first-order valence-corrected chi connectivity index (χ1v) is 7.27. The molecule has 1 heterocycles. The number of rotatable bonds is 5. The van der Waals surface area contributed by atoms with Crippen LogP contribution in [0.4, 0.5) is 5.69 Å². The fourth-order valence-corrected chi connectivity index (χ4v) is 2.85. The van der Waals surface area contributed by atoms with Crippen LogP contribution in [-0.2, 0) is 0 Å². The minimum absolute atomic E-state index is 0.314. The average molecular weight is 247 g/mol. The molecule has 0 aliphatic carbocycles. The van der Waals surface area contributed by atoms with Crippen molar-refractivity contribution in [2.24, 2.45) is 5.92 Å². The summed E-state index contributed by atoms with van der Waals surface area (Å²) in [4.78, 5) is 2.47. The molecule has 0 aromatic heterocycles. The zero-order valence-electron chi connectivity index (χ0n) is 11.6. The summed E-state index contributed by atoms with van der Waals surface area (Å²) < 4.78 is 0. The summed E-state index contributed by atoms with van der Waals surface area (Å²) in [5, 5.41) is 9.78. The normalized spacial score (nSPS) is 21.3. The highest BCUT2D eigenvalue weighted by molar-refractivity contribution is 5.48. The van der Waals surface area contributed by atoms with Gasteiger partial charge in [-0.05, 0) is 42.9 Å². The van der Waals surface area contributed by atoms with Gasteiger partial charge in [-0.25, -0.2) is 0 Å². The van der Waals surface area contributed by atoms with E-state index in [1.54, 1.807) is 0 Å². The number of hydrogen-bond acceptors (Lipinski definition) is 2. The average Bonchev–Trinajstić information content (AvgIpc) is 2.87. The van der Waals surface area contributed by atoms with E-state index in [1.807, 2.05) is 6.92 Å². The molecule has 18 heavy (non-hydrogen) atoms. The first kappa shape index (κ1) is 13.4. The van der Waals surface area contributed by atoms with Crippen molar-refractivity contribution in [2.45, 2.75) is 45.6 Å². The summed E-state index contributed by atoms with van der Waals surface area (Å²) in [6.45, 7) is 6.65. The Morgan fingerprint density at radius 2 is 2.00 bits per heavy atom. The molecule has 2 atom stereocenters. The highest BCUT2D eigenvalue weighted by atomic mass is 16.3. The van der Waals surface area contributed by atoms with Gasteiger partial charge in [-0.3, -0.25) is 0 Å². The van der Waals surface area contributed by atoms with Gasteiger partial charge >= 0.3 is 0 Å². The molecular weight excluding hydrogens is 222 g/mol. The first-order valence-electron chi connectivity index (χ1n) is 7.27. The third-order valence-corrected chi connectivity index (χ3v) is 4.01. The predicted octanol–water partition coefficient (Wildman–Crippen LogP) is 3.76. The van der Waals surface area contributed by atoms with E-state index in [1.165, 1.54) is 38.0 Å². The number of hydrogen-bond donors (Lipinski definition) is 1. The van der Waals surface area contributed by atoms with E-state index in [4.69, 9.17) is 0 Å². The standard InChI is InChI=1S/C16H25NO/c1-3-5-13-10-11-17(12-13)15-8-6-14(7-9-15)16(18)4-2/h6-9,13,16,18H,3-5,10-12H2,1-2H3/t13?,16-/m0/s1. The molecule has 0 saturated carbocycles. The Balaban J connectivity index is 1.98. The summed E-state index contributed by atoms with van der Waals surface area (Å²) in [6.07, 6.45) is 4.43. The Bertz CT molecular complexity index is 360. The van der Waals surface area contributed by atoms with Gasteiger partial charge in [-0.15, -0.1) is 0 Å². The van der Waals surface area contributed by atoms with Gasteiger partial charge in [0.05, 0.1) is 6.10 Å². The predicted molar refractivity (Wildman–Crippen MR) is 76.9 cm³/mol. The van der Waals surface area contributed by atoms with E-state index in [0.29, 0.717) is 0 Å². The Morgan fingerprint density at radius 3 is 2.61 bits per heavy atom. The molecule has 0 spiro atoms. The van der Waals surface area contributed by atoms with Crippen molar-refractivity contribution in [3.63, 3.8) is 0 Å². The minimum Gasteiger partial charge on any atom is -0.388 e. The van der Waals surface area contributed by atoms with Gasteiger partial charge in [0.1, 0.15) is 0 Å². The van der Waals surface area contributed by atoms with Crippen LogP contribution in [0.5, 0.6) is 0 Å². The lowest BCUT2D eigenvalue weighted by Crippen LogP contribution is -2.19. The molecule has 1 aliphatic rings. The lowest BCUT2D eigenvalue weighted by molar-refractivity contribution is 0.173. The Kier molecular flexibility index (Phi) is 4.65. The molecule has 0 radical (unpaired) electrons. The fourth-order valence-electron chi connectivity index (χ4n) is 2.85. The van der Waals surface area contributed by atoms with Crippen LogP contribution in [0, 0.1) is 5.92 Å². The maximum absolute atomic E-state index is 9.78. The fraction of sp³-hybridized carbons (Fsp3) is 0.625. The third-order valence-electron chi connectivity index (χ3n) is 4.01. The number of anilines is 1. The highest BCUT2D eigenvalue weighted by Crippen LogP contribution is 2.27. The van der Waals surface area contributed by atoms with Gasteiger partial charge in [0.2, 0.25) is 0 Å². The van der Waals surface area contributed by atoms with Gasteiger partial charge in [-0.1, -0.05) is 32.4 Å². The second kappa shape index (κ2) is 6.24. The molecule has 2 heteroatoms. The van der Waals surface area contributed by atoms with Crippen molar-refractivity contribution in [2.75, 3.05) is 18.0 Å². The van der Waals surface area contributed by atoms with Crippen LogP contribution in [0.3, 0.4) is 0 Å². The number of nitrogens with zero attached hydrogens (tertiary/aromatic N) is 1. The van der Waals surface area contributed by atoms with Gasteiger partial charge in [-0.2, -0.15) is 0 Å². The Hall–Kier alpha value is -1.02. The second-order valence-electron chi connectivity index (χ2n) is 5.40. The van der Waals surface area contributed by atoms with Crippen molar-refractivity contribution in [1.29, 1.82) is 0 Å². The molecule has 1 aromatic carbocycles. The minimum atomic E-state index is -0.314.